The average molecular weight is 541 g/mol. The van der Waals surface area contributed by atoms with Crippen LogP contribution in [0.3, 0.4) is 0 Å². The molecule has 1 aliphatic heterocycles. The van der Waals surface area contributed by atoms with Crippen LogP contribution in [0, 0.1) is 5.92 Å². The largest absolute Gasteiger partial charge is 0.336 e. The highest BCUT2D eigenvalue weighted by molar-refractivity contribution is 7.80. The summed E-state index contributed by atoms with van der Waals surface area (Å²) >= 11 is 5.42. The van der Waals surface area contributed by atoms with E-state index in [9.17, 15) is 9.59 Å². The third-order valence-electron chi connectivity index (χ3n) is 7.80. The van der Waals surface area contributed by atoms with Crippen molar-refractivity contribution >= 4 is 34.8 Å². The molecule has 2 fully saturated rings. The molecule has 0 aromatic heterocycles. The maximum Gasteiger partial charge on any atom is 0.256 e. The lowest BCUT2D eigenvalue weighted by Gasteiger charge is -2.40. The molecule has 0 spiro atoms. The quantitative estimate of drug-likeness (QED) is 0.381. The zero-order valence-corrected chi connectivity index (χ0v) is 23.0. The van der Waals surface area contributed by atoms with Crippen molar-refractivity contribution < 1.29 is 9.59 Å². The Morgan fingerprint density at radius 1 is 0.795 bits per heavy atom. The number of rotatable bonds is 7. The van der Waals surface area contributed by atoms with Gasteiger partial charge in [0.1, 0.15) is 0 Å². The number of hydrogen-bond donors (Lipinski definition) is 2. The maximum absolute atomic E-state index is 13.6. The Morgan fingerprint density at radius 2 is 1.36 bits per heavy atom. The fraction of sp³-hybridized carbons (Fsp3) is 0.344. The number of carbonyl (C=O) groups excluding carboxylic acids is 2. The first-order valence-corrected chi connectivity index (χ1v) is 14.3. The number of anilines is 1. The van der Waals surface area contributed by atoms with Crippen molar-refractivity contribution in [3.05, 3.63) is 102 Å². The Balaban J connectivity index is 1.22. The molecule has 0 bridgehead atoms. The van der Waals surface area contributed by atoms with E-state index in [0.29, 0.717) is 36.7 Å². The smallest absolute Gasteiger partial charge is 0.256 e. The second-order valence-corrected chi connectivity index (χ2v) is 10.9. The first kappa shape index (κ1) is 27.0. The Bertz CT molecular complexity index is 1230. The predicted octanol–water partition coefficient (Wildman–Crippen LogP) is 5.63. The van der Waals surface area contributed by atoms with Crippen LogP contribution in [0.15, 0.2) is 84.9 Å². The number of carbonyl (C=O) groups is 2. The van der Waals surface area contributed by atoms with Gasteiger partial charge in [-0.1, -0.05) is 85.6 Å². The Morgan fingerprint density at radius 3 is 1.97 bits per heavy atom. The standard InChI is InChI=1S/C32H36N4O2S/c37-29(23-24-11-7-8-12-24)34-32(39)33-28-18-10-9-17-27(28)31(38)36-21-19-35(20-22-36)30(25-13-3-1-4-14-25)26-15-5-2-6-16-26/h1-6,9-10,13-18,24,30H,7-8,11-12,19-23H2,(H2,33,34,37,39). The zero-order valence-electron chi connectivity index (χ0n) is 22.2. The van der Waals surface area contributed by atoms with Gasteiger partial charge in [0.05, 0.1) is 17.3 Å². The molecule has 1 aliphatic carbocycles. The first-order chi connectivity index (χ1) is 19.1. The summed E-state index contributed by atoms with van der Waals surface area (Å²) in [5.74, 6) is 0.350. The second-order valence-electron chi connectivity index (χ2n) is 10.5. The molecule has 5 rings (SSSR count). The number of benzene rings is 3. The van der Waals surface area contributed by atoms with E-state index in [2.05, 4.69) is 64.1 Å². The van der Waals surface area contributed by atoms with Crippen LogP contribution < -0.4 is 10.6 Å². The van der Waals surface area contributed by atoms with Crippen LogP contribution in [-0.4, -0.2) is 52.9 Å². The van der Waals surface area contributed by atoms with Gasteiger partial charge in [-0.2, -0.15) is 0 Å². The van der Waals surface area contributed by atoms with Gasteiger partial charge in [-0.25, -0.2) is 0 Å². The first-order valence-electron chi connectivity index (χ1n) is 13.9. The van der Waals surface area contributed by atoms with Crippen molar-refractivity contribution in [1.82, 2.24) is 15.1 Å². The number of nitrogens with one attached hydrogen (secondary N) is 2. The van der Waals surface area contributed by atoms with Crippen LogP contribution in [0.5, 0.6) is 0 Å². The number of amides is 2. The lowest BCUT2D eigenvalue weighted by Crippen LogP contribution is -2.50. The molecule has 202 valence electrons. The summed E-state index contributed by atoms with van der Waals surface area (Å²) in [4.78, 5) is 30.4. The van der Waals surface area contributed by atoms with Crippen molar-refractivity contribution in [2.24, 2.45) is 5.92 Å². The monoisotopic (exact) mass is 540 g/mol. The lowest BCUT2D eigenvalue weighted by atomic mass is 9.96. The molecule has 1 saturated carbocycles. The summed E-state index contributed by atoms with van der Waals surface area (Å²) in [5, 5.41) is 6.13. The highest BCUT2D eigenvalue weighted by Crippen LogP contribution is 2.30. The molecule has 0 unspecified atom stereocenters. The minimum Gasteiger partial charge on any atom is -0.336 e. The van der Waals surface area contributed by atoms with Crippen LogP contribution in [0.1, 0.15) is 59.6 Å². The molecule has 2 amide bonds. The summed E-state index contributed by atoms with van der Waals surface area (Å²) < 4.78 is 0. The summed E-state index contributed by atoms with van der Waals surface area (Å²) in [6.45, 7) is 2.80. The molecule has 7 heteroatoms. The molecule has 3 aromatic carbocycles. The average Bonchev–Trinajstić information content (AvgIpc) is 3.47. The van der Waals surface area contributed by atoms with Gasteiger partial charge in [-0.05, 0) is 54.2 Å². The number of para-hydroxylation sites is 1. The van der Waals surface area contributed by atoms with Gasteiger partial charge >= 0.3 is 0 Å². The lowest BCUT2D eigenvalue weighted by molar-refractivity contribution is -0.120. The summed E-state index contributed by atoms with van der Waals surface area (Å²) in [7, 11) is 0. The van der Waals surface area contributed by atoms with E-state index in [1.54, 1.807) is 0 Å². The minimum absolute atomic E-state index is 0.0335. The van der Waals surface area contributed by atoms with Crippen LogP contribution in [0.4, 0.5) is 5.69 Å². The van der Waals surface area contributed by atoms with Crippen LogP contribution in [0.25, 0.3) is 0 Å². The van der Waals surface area contributed by atoms with Crippen LogP contribution in [0.2, 0.25) is 0 Å². The number of piperazine rings is 1. The van der Waals surface area contributed by atoms with E-state index in [0.717, 1.165) is 25.9 Å². The maximum atomic E-state index is 13.6. The Hall–Kier alpha value is -3.55. The van der Waals surface area contributed by atoms with Gasteiger partial charge in [0.25, 0.3) is 5.91 Å². The van der Waals surface area contributed by atoms with Gasteiger partial charge in [-0.15, -0.1) is 0 Å². The fourth-order valence-electron chi connectivity index (χ4n) is 5.82. The van der Waals surface area contributed by atoms with Gasteiger partial charge in [0.15, 0.2) is 5.11 Å². The number of nitrogens with zero attached hydrogens (tertiary/aromatic N) is 2. The topological polar surface area (TPSA) is 64.7 Å². The molecule has 2 aliphatic rings. The Kier molecular flexibility index (Phi) is 9.01. The van der Waals surface area contributed by atoms with Gasteiger partial charge in [0, 0.05) is 32.6 Å². The summed E-state index contributed by atoms with van der Waals surface area (Å²) in [6.07, 6.45) is 5.11. The highest BCUT2D eigenvalue weighted by atomic mass is 32.1. The molecule has 1 heterocycles. The van der Waals surface area contributed by atoms with Gasteiger partial charge in [-0.3, -0.25) is 14.5 Å². The fourth-order valence-corrected chi connectivity index (χ4v) is 6.05. The summed E-state index contributed by atoms with van der Waals surface area (Å²) in [5.41, 5.74) is 3.67. The van der Waals surface area contributed by atoms with Crippen LogP contribution in [-0.2, 0) is 4.79 Å². The van der Waals surface area contributed by atoms with E-state index in [4.69, 9.17) is 12.2 Å². The zero-order chi connectivity index (χ0) is 27.0. The van der Waals surface area contributed by atoms with Gasteiger partial charge in [0.2, 0.25) is 5.91 Å². The molecular weight excluding hydrogens is 504 g/mol. The minimum atomic E-state index is -0.0642. The van der Waals surface area contributed by atoms with E-state index < -0.39 is 0 Å². The second kappa shape index (κ2) is 13.0. The molecular formula is C32H36N4O2S. The molecule has 6 nitrogen and oxygen atoms in total. The summed E-state index contributed by atoms with van der Waals surface area (Å²) in [6, 6.07) is 28.6. The third-order valence-corrected chi connectivity index (χ3v) is 8.01. The molecule has 0 radical (unpaired) electrons. The SMILES string of the molecule is O=C(CC1CCCC1)NC(=S)Nc1ccccc1C(=O)N1CCN(C(c2ccccc2)c2ccccc2)CC1. The predicted molar refractivity (Wildman–Crippen MR) is 160 cm³/mol. The molecule has 0 atom stereocenters. The highest BCUT2D eigenvalue weighted by Gasteiger charge is 2.29. The van der Waals surface area contributed by atoms with E-state index in [1.165, 1.54) is 24.0 Å². The van der Waals surface area contributed by atoms with Gasteiger partial charge < -0.3 is 15.5 Å². The third kappa shape index (κ3) is 6.91. The molecule has 2 N–H and O–H groups in total. The molecule has 1 saturated heterocycles. The number of thiocarbonyl (C=S) groups is 1. The number of hydrogen-bond acceptors (Lipinski definition) is 4. The van der Waals surface area contributed by atoms with Crippen molar-refractivity contribution in [2.45, 2.75) is 38.1 Å². The van der Waals surface area contributed by atoms with Crippen molar-refractivity contribution in [3.8, 4) is 0 Å². The van der Waals surface area contributed by atoms with E-state index in [1.807, 2.05) is 41.3 Å². The molecule has 3 aromatic rings. The Labute approximate surface area is 236 Å². The van der Waals surface area contributed by atoms with E-state index in [-0.39, 0.29) is 23.0 Å². The van der Waals surface area contributed by atoms with Crippen LogP contribution >= 0.6 is 12.2 Å². The van der Waals surface area contributed by atoms with Crippen molar-refractivity contribution in [3.63, 3.8) is 0 Å². The normalized spacial score (nSPS) is 16.3. The van der Waals surface area contributed by atoms with Crippen molar-refractivity contribution in [1.29, 1.82) is 0 Å². The molecule has 39 heavy (non-hydrogen) atoms. The van der Waals surface area contributed by atoms with Crippen molar-refractivity contribution in [2.75, 3.05) is 31.5 Å². The van der Waals surface area contributed by atoms with E-state index >= 15 is 0 Å².